The van der Waals surface area contributed by atoms with E-state index in [1.54, 1.807) is 19.9 Å². The molecule has 6 rings (SSSR count). The summed E-state index contributed by atoms with van der Waals surface area (Å²) >= 11 is 0. The quantitative estimate of drug-likeness (QED) is 0.327. The fourth-order valence-electron chi connectivity index (χ4n) is 10.7. The van der Waals surface area contributed by atoms with Crippen molar-refractivity contribution in [2.75, 3.05) is 7.11 Å². The molecule has 0 aromatic rings. The highest BCUT2D eigenvalue weighted by Gasteiger charge is 2.72. The van der Waals surface area contributed by atoms with E-state index in [9.17, 15) is 27.6 Å². The van der Waals surface area contributed by atoms with Crippen molar-refractivity contribution >= 4 is 17.5 Å². The summed E-state index contributed by atoms with van der Waals surface area (Å²) in [5.41, 5.74) is -4.10. The van der Waals surface area contributed by atoms with Gasteiger partial charge in [0.2, 0.25) is 0 Å². The van der Waals surface area contributed by atoms with Gasteiger partial charge in [0.25, 0.3) is 0 Å². The molecule has 0 aromatic heterocycles. The Kier molecular flexibility index (Phi) is 5.36. The highest BCUT2D eigenvalue weighted by molar-refractivity contribution is 6.03. The molecule has 0 amide bonds. The summed E-state index contributed by atoms with van der Waals surface area (Å²) in [7, 11) is 1.43. The summed E-state index contributed by atoms with van der Waals surface area (Å²) in [5, 5.41) is 0. The van der Waals surface area contributed by atoms with Crippen LogP contribution < -0.4 is 0 Å². The van der Waals surface area contributed by atoms with Crippen LogP contribution in [0, 0.1) is 50.2 Å². The van der Waals surface area contributed by atoms with Gasteiger partial charge < -0.3 is 4.74 Å². The normalized spacial score (nSPS) is 45.7. The van der Waals surface area contributed by atoms with Crippen molar-refractivity contribution in [2.24, 2.45) is 50.2 Å². The summed E-state index contributed by atoms with van der Waals surface area (Å²) in [4.78, 5) is 40.9. The highest BCUT2D eigenvalue weighted by Crippen LogP contribution is 2.76. The van der Waals surface area contributed by atoms with E-state index in [0.29, 0.717) is 25.7 Å². The molecule has 214 valence electrons. The number of fused-ring (bicyclic) bond motifs is 7. The minimum Gasteiger partial charge on any atom is -0.469 e. The van der Waals surface area contributed by atoms with E-state index in [-0.39, 0.29) is 34.9 Å². The number of halogens is 3. The predicted molar refractivity (Wildman–Crippen MR) is 139 cm³/mol. The van der Waals surface area contributed by atoms with Crippen molar-refractivity contribution in [2.45, 2.75) is 98.6 Å². The van der Waals surface area contributed by atoms with Gasteiger partial charge in [-0.1, -0.05) is 46.3 Å². The van der Waals surface area contributed by atoms with E-state index in [0.717, 1.165) is 43.8 Å². The molecule has 0 heterocycles. The van der Waals surface area contributed by atoms with Gasteiger partial charge in [0.15, 0.2) is 11.6 Å². The summed E-state index contributed by atoms with van der Waals surface area (Å²) in [6.45, 7) is 9.40. The monoisotopic (exact) mass is 546 g/mol. The number of hydrogen-bond acceptors (Lipinski definition) is 4. The van der Waals surface area contributed by atoms with Crippen LogP contribution in [0.3, 0.4) is 0 Å². The minimum atomic E-state index is -4.76. The van der Waals surface area contributed by atoms with Crippen molar-refractivity contribution < 1.29 is 32.3 Å². The van der Waals surface area contributed by atoms with Crippen molar-refractivity contribution in [1.29, 1.82) is 0 Å². The van der Waals surface area contributed by atoms with Gasteiger partial charge in [-0.05, 0) is 91.9 Å². The Bertz CT molecular complexity index is 1240. The summed E-state index contributed by atoms with van der Waals surface area (Å²) in [5.74, 6) is -1.96. The SMILES string of the molecule is COC(=O)[C@]12CCC3(CC3)C[C@H]1[C@H]1C(=O)C=C3[C@@]4(C)C=C(C(F)(F)F)C(=O)C(C)(C)[C@@H]4CC[C@@]3(C)[C@]1(C)CC2. The van der Waals surface area contributed by atoms with E-state index in [1.165, 1.54) is 7.11 Å². The average molecular weight is 547 g/mol. The van der Waals surface area contributed by atoms with Crippen LogP contribution in [0.2, 0.25) is 0 Å². The zero-order valence-electron chi connectivity index (χ0n) is 24.0. The van der Waals surface area contributed by atoms with Gasteiger partial charge in [0.05, 0.1) is 18.1 Å². The third-order valence-electron chi connectivity index (χ3n) is 13.3. The zero-order chi connectivity index (χ0) is 28.6. The van der Waals surface area contributed by atoms with Gasteiger partial charge in [-0.25, -0.2) is 0 Å². The third-order valence-corrected chi connectivity index (χ3v) is 13.3. The van der Waals surface area contributed by atoms with Crippen LogP contribution in [0.5, 0.6) is 0 Å². The number of carbonyl (C=O) groups is 3. The molecule has 6 aliphatic rings. The maximum Gasteiger partial charge on any atom is 0.419 e. The zero-order valence-corrected chi connectivity index (χ0v) is 24.0. The Balaban J connectivity index is 1.53. The number of allylic oxidation sites excluding steroid dienone is 4. The minimum absolute atomic E-state index is 0.0563. The molecule has 39 heavy (non-hydrogen) atoms. The maximum absolute atomic E-state index is 14.4. The molecule has 6 aliphatic carbocycles. The lowest BCUT2D eigenvalue weighted by molar-refractivity contribution is -0.189. The lowest BCUT2D eigenvalue weighted by Crippen LogP contribution is -2.65. The topological polar surface area (TPSA) is 60.4 Å². The Morgan fingerprint density at radius 2 is 1.56 bits per heavy atom. The standard InChI is InChI=1S/C32H41F3O4/c1-26(2)21-7-8-28(4)22(27(21,3)16-19(24(26)37)32(33,34)35)15-20(36)23-18-17-30(10-11-30)12-14-31(18,25(38)39-6)13-9-29(23,28)5/h15-16,18,21,23H,7-14,17H2,1-6H3/t18-,21-,23-,27-,28+,29+,31+/m0/s1. The van der Waals surface area contributed by atoms with Gasteiger partial charge in [-0.2, -0.15) is 13.2 Å². The van der Waals surface area contributed by atoms with E-state index in [1.807, 2.05) is 6.92 Å². The van der Waals surface area contributed by atoms with Crippen LogP contribution in [0.15, 0.2) is 23.3 Å². The van der Waals surface area contributed by atoms with Crippen LogP contribution in [0.1, 0.15) is 92.4 Å². The fraction of sp³-hybridized carbons (Fsp3) is 0.781. The Morgan fingerprint density at radius 3 is 2.15 bits per heavy atom. The molecule has 1 spiro atoms. The van der Waals surface area contributed by atoms with Crippen LogP contribution >= 0.6 is 0 Å². The molecule has 0 bridgehead atoms. The van der Waals surface area contributed by atoms with Gasteiger partial charge >= 0.3 is 12.1 Å². The number of rotatable bonds is 1. The molecule has 4 saturated carbocycles. The second-order valence-corrected chi connectivity index (χ2v) is 15.1. The molecule has 7 atom stereocenters. The molecule has 0 radical (unpaired) electrons. The fourth-order valence-corrected chi connectivity index (χ4v) is 10.7. The smallest absolute Gasteiger partial charge is 0.419 e. The van der Waals surface area contributed by atoms with Crippen molar-refractivity contribution in [3.8, 4) is 0 Å². The molecule has 0 aliphatic heterocycles. The molecule has 7 heteroatoms. The molecule has 0 aromatic carbocycles. The second-order valence-electron chi connectivity index (χ2n) is 15.1. The summed E-state index contributed by atoms with van der Waals surface area (Å²) in [6, 6.07) is 0. The number of carbonyl (C=O) groups excluding carboxylic acids is 3. The lowest BCUT2D eigenvalue weighted by atomic mass is 9.34. The number of methoxy groups -OCH3 is 1. The lowest BCUT2D eigenvalue weighted by Gasteiger charge is -2.68. The first kappa shape index (κ1) is 27.3. The Hall–Kier alpha value is -1.92. The van der Waals surface area contributed by atoms with E-state index in [2.05, 4.69) is 13.8 Å². The maximum atomic E-state index is 14.4. The molecular weight excluding hydrogens is 505 g/mol. The first-order valence-electron chi connectivity index (χ1n) is 14.6. The molecule has 4 nitrogen and oxygen atoms in total. The molecule has 4 fully saturated rings. The highest BCUT2D eigenvalue weighted by atomic mass is 19.4. The molecular formula is C32H41F3O4. The van der Waals surface area contributed by atoms with Crippen molar-refractivity contribution in [1.82, 2.24) is 0 Å². The Labute approximate surface area is 229 Å². The number of Topliss-reactive ketones (excluding diaryl/α,β-unsaturated/α-hetero) is 1. The van der Waals surface area contributed by atoms with E-state index < -0.39 is 44.6 Å². The van der Waals surface area contributed by atoms with Crippen LogP contribution in [-0.2, 0) is 19.1 Å². The molecule has 0 unspecified atom stereocenters. The number of alkyl halides is 3. The predicted octanol–water partition coefficient (Wildman–Crippen LogP) is 7.17. The van der Waals surface area contributed by atoms with Crippen molar-refractivity contribution in [3.63, 3.8) is 0 Å². The molecule has 0 saturated heterocycles. The van der Waals surface area contributed by atoms with E-state index >= 15 is 0 Å². The first-order valence-corrected chi connectivity index (χ1v) is 14.6. The summed E-state index contributed by atoms with van der Waals surface area (Å²) < 4.78 is 48.0. The van der Waals surface area contributed by atoms with Crippen LogP contribution in [0.25, 0.3) is 0 Å². The average Bonchev–Trinajstić information content (AvgIpc) is 3.60. The van der Waals surface area contributed by atoms with Crippen molar-refractivity contribution in [3.05, 3.63) is 23.3 Å². The number of ether oxygens (including phenoxy) is 1. The van der Waals surface area contributed by atoms with Gasteiger partial charge in [0, 0.05) is 16.7 Å². The second kappa shape index (κ2) is 7.67. The van der Waals surface area contributed by atoms with Gasteiger partial charge in [0.1, 0.15) is 0 Å². The Morgan fingerprint density at radius 1 is 0.949 bits per heavy atom. The van der Waals surface area contributed by atoms with Crippen LogP contribution in [-0.4, -0.2) is 30.8 Å². The van der Waals surface area contributed by atoms with Gasteiger partial charge in [-0.15, -0.1) is 0 Å². The number of hydrogen-bond donors (Lipinski definition) is 0. The number of ketones is 2. The molecule has 0 N–H and O–H groups in total. The number of esters is 1. The first-order chi connectivity index (χ1) is 17.9. The van der Waals surface area contributed by atoms with E-state index in [4.69, 9.17) is 4.74 Å². The summed E-state index contributed by atoms with van der Waals surface area (Å²) in [6.07, 6.45) is 5.49. The largest absolute Gasteiger partial charge is 0.469 e. The van der Waals surface area contributed by atoms with Crippen LogP contribution in [0.4, 0.5) is 13.2 Å². The third kappa shape index (κ3) is 3.22. The van der Waals surface area contributed by atoms with Gasteiger partial charge in [-0.3, -0.25) is 14.4 Å².